The van der Waals surface area contributed by atoms with E-state index < -0.39 is 0 Å². The molecule has 1 aromatic heterocycles. The lowest BCUT2D eigenvalue weighted by atomic mass is 10.1. The molecule has 1 fully saturated rings. The van der Waals surface area contributed by atoms with Crippen LogP contribution in [0.1, 0.15) is 42.5 Å². The number of anilines is 1. The van der Waals surface area contributed by atoms with Crippen molar-refractivity contribution in [3.8, 4) is 11.4 Å². The van der Waals surface area contributed by atoms with Crippen LogP contribution in [0, 0.1) is 13.8 Å². The average molecular weight is 346 g/mol. The molecule has 4 heteroatoms. The predicted octanol–water partition coefficient (Wildman–Crippen LogP) is 4.83. The molecule has 0 radical (unpaired) electrons. The molecule has 0 bridgehead atoms. The monoisotopic (exact) mass is 345 g/mol. The molecule has 1 aromatic carbocycles. The van der Waals surface area contributed by atoms with Crippen molar-refractivity contribution in [1.82, 2.24) is 9.97 Å². The van der Waals surface area contributed by atoms with Crippen molar-refractivity contribution in [2.75, 3.05) is 11.9 Å². The third-order valence-corrected chi connectivity index (χ3v) is 4.45. The van der Waals surface area contributed by atoms with E-state index in [0.29, 0.717) is 5.92 Å². The minimum atomic E-state index is 0.587. The largest absolute Gasteiger partial charge is 0.369 e. The second kappa shape index (κ2) is 5.76. The molecule has 0 atom stereocenters. The SMILES string of the molecule is CCNc1nc(-c2cc(C)cc(C)c2)nc(C2CC2)c1Br. The molecule has 0 unspecified atom stereocenters. The second-order valence-electron chi connectivity index (χ2n) is 5.78. The summed E-state index contributed by atoms with van der Waals surface area (Å²) in [5.74, 6) is 2.32. The predicted molar refractivity (Wildman–Crippen MR) is 90.8 cm³/mol. The van der Waals surface area contributed by atoms with E-state index in [4.69, 9.17) is 9.97 Å². The van der Waals surface area contributed by atoms with Crippen molar-refractivity contribution in [3.05, 3.63) is 39.5 Å². The minimum absolute atomic E-state index is 0.587. The maximum absolute atomic E-state index is 4.83. The van der Waals surface area contributed by atoms with Gasteiger partial charge in [0, 0.05) is 18.0 Å². The van der Waals surface area contributed by atoms with Gasteiger partial charge < -0.3 is 5.32 Å². The first-order chi connectivity index (χ1) is 10.1. The van der Waals surface area contributed by atoms with Crippen molar-refractivity contribution < 1.29 is 0 Å². The standard InChI is InChI=1S/C17H20BrN3/c1-4-19-17-14(18)15(12-5-6-12)20-16(21-17)13-8-10(2)7-11(3)9-13/h7-9,12H,4-6H2,1-3H3,(H,19,20,21). The number of nitrogens with zero attached hydrogens (tertiary/aromatic N) is 2. The third kappa shape index (κ3) is 3.10. The van der Waals surface area contributed by atoms with Crippen LogP contribution in [-0.2, 0) is 0 Å². The van der Waals surface area contributed by atoms with Gasteiger partial charge in [0.15, 0.2) is 5.82 Å². The zero-order valence-electron chi connectivity index (χ0n) is 12.7. The van der Waals surface area contributed by atoms with Gasteiger partial charge >= 0.3 is 0 Å². The highest BCUT2D eigenvalue weighted by atomic mass is 79.9. The fourth-order valence-corrected chi connectivity index (χ4v) is 3.25. The Labute approximate surface area is 134 Å². The first kappa shape index (κ1) is 14.5. The Kier molecular flexibility index (Phi) is 3.98. The number of benzene rings is 1. The van der Waals surface area contributed by atoms with Crippen molar-refractivity contribution in [2.45, 2.75) is 39.5 Å². The normalized spacial score (nSPS) is 14.3. The first-order valence-corrected chi connectivity index (χ1v) is 8.27. The van der Waals surface area contributed by atoms with Gasteiger partial charge in [-0.2, -0.15) is 0 Å². The van der Waals surface area contributed by atoms with E-state index in [1.165, 1.54) is 24.0 Å². The van der Waals surface area contributed by atoms with Gasteiger partial charge in [0.25, 0.3) is 0 Å². The van der Waals surface area contributed by atoms with Gasteiger partial charge in [0.05, 0.1) is 10.2 Å². The fourth-order valence-electron chi connectivity index (χ4n) is 2.61. The Morgan fingerprint density at radius 1 is 1.14 bits per heavy atom. The highest BCUT2D eigenvalue weighted by molar-refractivity contribution is 9.10. The van der Waals surface area contributed by atoms with Crippen molar-refractivity contribution in [3.63, 3.8) is 0 Å². The summed E-state index contributed by atoms with van der Waals surface area (Å²) in [6.07, 6.45) is 2.46. The first-order valence-electron chi connectivity index (χ1n) is 7.48. The molecule has 0 spiro atoms. The number of halogens is 1. The van der Waals surface area contributed by atoms with E-state index in [0.717, 1.165) is 33.9 Å². The molecule has 2 aromatic rings. The summed E-state index contributed by atoms with van der Waals surface area (Å²) in [5, 5.41) is 3.34. The Balaban J connectivity index is 2.12. The van der Waals surface area contributed by atoms with Crippen LogP contribution < -0.4 is 5.32 Å². The highest BCUT2D eigenvalue weighted by Gasteiger charge is 2.29. The van der Waals surface area contributed by atoms with Crippen LogP contribution in [-0.4, -0.2) is 16.5 Å². The lowest BCUT2D eigenvalue weighted by Crippen LogP contribution is -2.06. The van der Waals surface area contributed by atoms with E-state index in [9.17, 15) is 0 Å². The van der Waals surface area contributed by atoms with Crippen LogP contribution in [0.15, 0.2) is 22.7 Å². The number of aryl methyl sites for hydroxylation is 2. The Morgan fingerprint density at radius 3 is 2.38 bits per heavy atom. The zero-order chi connectivity index (χ0) is 15.0. The molecule has 3 nitrogen and oxygen atoms in total. The summed E-state index contributed by atoms with van der Waals surface area (Å²) in [6.45, 7) is 7.17. The Bertz CT molecular complexity index is 658. The second-order valence-corrected chi connectivity index (χ2v) is 6.57. The molecule has 1 N–H and O–H groups in total. The van der Waals surface area contributed by atoms with Gasteiger partial charge in [-0.3, -0.25) is 0 Å². The molecule has 110 valence electrons. The van der Waals surface area contributed by atoms with Crippen LogP contribution in [0.4, 0.5) is 5.82 Å². The fraction of sp³-hybridized carbons (Fsp3) is 0.412. The van der Waals surface area contributed by atoms with E-state index in [1.807, 2.05) is 0 Å². The third-order valence-electron chi connectivity index (χ3n) is 3.67. The molecule has 21 heavy (non-hydrogen) atoms. The smallest absolute Gasteiger partial charge is 0.161 e. The maximum atomic E-state index is 4.83. The number of rotatable bonds is 4. The maximum Gasteiger partial charge on any atom is 0.161 e. The van der Waals surface area contributed by atoms with Crippen LogP contribution >= 0.6 is 15.9 Å². The molecule has 1 saturated carbocycles. The molecule has 3 rings (SSSR count). The van der Waals surface area contributed by atoms with E-state index >= 15 is 0 Å². The molecular weight excluding hydrogens is 326 g/mol. The van der Waals surface area contributed by atoms with Crippen LogP contribution in [0.25, 0.3) is 11.4 Å². The summed E-state index contributed by atoms with van der Waals surface area (Å²) < 4.78 is 1.03. The topological polar surface area (TPSA) is 37.8 Å². The molecule has 0 aliphatic heterocycles. The van der Waals surface area contributed by atoms with Crippen LogP contribution in [0.5, 0.6) is 0 Å². The summed E-state index contributed by atoms with van der Waals surface area (Å²) in [4.78, 5) is 9.55. The lowest BCUT2D eigenvalue weighted by Gasteiger charge is -2.12. The van der Waals surface area contributed by atoms with E-state index in [-0.39, 0.29) is 0 Å². The number of aromatic nitrogens is 2. The van der Waals surface area contributed by atoms with Gasteiger partial charge in [0.2, 0.25) is 0 Å². The molecular formula is C17H20BrN3. The minimum Gasteiger partial charge on any atom is -0.369 e. The quantitative estimate of drug-likeness (QED) is 0.861. The van der Waals surface area contributed by atoms with Crippen LogP contribution in [0.3, 0.4) is 0 Å². The van der Waals surface area contributed by atoms with Crippen molar-refractivity contribution >= 4 is 21.7 Å². The highest BCUT2D eigenvalue weighted by Crippen LogP contribution is 2.44. The summed E-state index contributed by atoms with van der Waals surface area (Å²) in [6, 6.07) is 6.49. The van der Waals surface area contributed by atoms with Gasteiger partial charge in [-0.1, -0.05) is 17.2 Å². The number of nitrogens with one attached hydrogen (secondary N) is 1. The summed E-state index contributed by atoms with van der Waals surface area (Å²) >= 11 is 3.67. The van der Waals surface area contributed by atoms with E-state index in [2.05, 4.69) is 60.2 Å². The Hall–Kier alpha value is -1.42. The number of hydrogen-bond donors (Lipinski definition) is 1. The van der Waals surface area contributed by atoms with Gasteiger partial charge in [-0.25, -0.2) is 9.97 Å². The van der Waals surface area contributed by atoms with E-state index in [1.54, 1.807) is 0 Å². The lowest BCUT2D eigenvalue weighted by molar-refractivity contribution is 0.973. The van der Waals surface area contributed by atoms with Crippen LogP contribution in [0.2, 0.25) is 0 Å². The van der Waals surface area contributed by atoms with Gasteiger partial charge in [-0.15, -0.1) is 0 Å². The average Bonchev–Trinajstić information content (AvgIpc) is 3.24. The van der Waals surface area contributed by atoms with Crippen molar-refractivity contribution in [1.29, 1.82) is 0 Å². The molecule has 0 amide bonds. The molecule has 0 saturated heterocycles. The van der Waals surface area contributed by atoms with Crippen molar-refractivity contribution in [2.24, 2.45) is 0 Å². The van der Waals surface area contributed by atoms with Gasteiger partial charge in [-0.05, 0) is 61.7 Å². The zero-order valence-corrected chi connectivity index (χ0v) is 14.3. The number of hydrogen-bond acceptors (Lipinski definition) is 3. The Morgan fingerprint density at radius 2 is 1.81 bits per heavy atom. The molecule has 1 aliphatic rings. The van der Waals surface area contributed by atoms with Gasteiger partial charge in [0.1, 0.15) is 5.82 Å². The molecule has 1 aliphatic carbocycles. The molecule has 1 heterocycles. The summed E-state index contributed by atoms with van der Waals surface area (Å²) in [7, 11) is 0. The summed E-state index contributed by atoms with van der Waals surface area (Å²) in [5.41, 5.74) is 4.74.